The average molecular weight is 340 g/mol. The molecular formula is C16H18F2N2O2S. The van der Waals surface area contributed by atoms with Crippen molar-refractivity contribution in [3.8, 4) is 0 Å². The summed E-state index contributed by atoms with van der Waals surface area (Å²) in [5, 5.41) is 0. The predicted octanol–water partition coefficient (Wildman–Crippen LogP) is 2.16. The maximum atomic E-state index is 13.8. The summed E-state index contributed by atoms with van der Waals surface area (Å²) in [6, 6.07) is 11.8. The van der Waals surface area contributed by atoms with Crippen LogP contribution in [0.3, 0.4) is 0 Å². The molecule has 0 saturated heterocycles. The van der Waals surface area contributed by atoms with Crippen molar-refractivity contribution in [2.45, 2.75) is 11.3 Å². The molecule has 7 heteroatoms. The van der Waals surface area contributed by atoms with E-state index in [4.69, 9.17) is 5.73 Å². The summed E-state index contributed by atoms with van der Waals surface area (Å²) in [7, 11) is -4.07. The smallest absolute Gasteiger partial charge is 0.246 e. The molecule has 2 N–H and O–H groups in total. The van der Waals surface area contributed by atoms with Gasteiger partial charge in [0.05, 0.1) is 0 Å². The van der Waals surface area contributed by atoms with Crippen molar-refractivity contribution < 1.29 is 17.2 Å². The van der Waals surface area contributed by atoms with Crippen LogP contribution in [0.5, 0.6) is 0 Å². The molecule has 0 amide bonds. The van der Waals surface area contributed by atoms with Gasteiger partial charge >= 0.3 is 0 Å². The van der Waals surface area contributed by atoms with Crippen LogP contribution in [0.1, 0.15) is 5.56 Å². The van der Waals surface area contributed by atoms with Crippen LogP contribution >= 0.6 is 0 Å². The van der Waals surface area contributed by atoms with Crippen molar-refractivity contribution in [3.63, 3.8) is 0 Å². The highest BCUT2D eigenvalue weighted by Gasteiger charge is 2.27. The molecule has 0 aromatic heterocycles. The summed E-state index contributed by atoms with van der Waals surface area (Å²) in [6.07, 6.45) is 0.475. The van der Waals surface area contributed by atoms with Gasteiger partial charge in [0.25, 0.3) is 0 Å². The molecule has 124 valence electrons. The van der Waals surface area contributed by atoms with Gasteiger partial charge in [0, 0.05) is 25.7 Å². The van der Waals surface area contributed by atoms with Crippen LogP contribution in [0, 0.1) is 11.6 Å². The Morgan fingerprint density at radius 2 is 1.70 bits per heavy atom. The van der Waals surface area contributed by atoms with Gasteiger partial charge in [-0.25, -0.2) is 17.2 Å². The number of benzene rings is 2. The molecule has 0 aliphatic heterocycles. The molecular weight excluding hydrogens is 322 g/mol. The normalized spacial score (nSPS) is 11.8. The van der Waals surface area contributed by atoms with Crippen LogP contribution in [0.2, 0.25) is 0 Å². The van der Waals surface area contributed by atoms with Crippen LogP contribution in [0.25, 0.3) is 0 Å². The Balaban J connectivity index is 2.24. The molecule has 0 spiro atoms. The summed E-state index contributed by atoms with van der Waals surface area (Å²) >= 11 is 0. The van der Waals surface area contributed by atoms with Crippen LogP contribution in [-0.4, -0.2) is 32.4 Å². The largest absolute Gasteiger partial charge is 0.329 e. The van der Waals surface area contributed by atoms with Gasteiger partial charge in [-0.2, -0.15) is 4.31 Å². The summed E-state index contributed by atoms with van der Waals surface area (Å²) in [5.74, 6) is -1.93. The molecule has 4 nitrogen and oxygen atoms in total. The highest BCUT2D eigenvalue weighted by atomic mass is 32.2. The first-order chi connectivity index (χ1) is 10.9. The molecule has 0 heterocycles. The lowest BCUT2D eigenvalue weighted by Crippen LogP contribution is -2.37. The number of halogens is 2. The van der Waals surface area contributed by atoms with Gasteiger partial charge in [0.1, 0.15) is 16.5 Å². The molecule has 23 heavy (non-hydrogen) atoms. The van der Waals surface area contributed by atoms with E-state index in [1.165, 1.54) is 0 Å². The number of nitrogens with two attached hydrogens (primary N) is 1. The Morgan fingerprint density at radius 1 is 1.00 bits per heavy atom. The standard InChI is InChI=1S/C16H18F2N2O2S/c17-14-6-7-16(15(18)12-14)23(21,22)20(11-9-19)10-8-13-4-2-1-3-5-13/h1-7,12H,8-11,19H2. The molecule has 0 aliphatic rings. The van der Waals surface area contributed by atoms with Gasteiger partial charge in [0.2, 0.25) is 10.0 Å². The van der Waals surface area contributed by atoms with Crippen LogP contribution in [0.15, 0.2) is 53.4 Å². The third-order valence-electron chi connectivity index (χ3n) is 3.38. The second kappa shape index (κ2) is 7.63. The van der Waals surface area contributed by atoms with Gasteiger partial charge in [-0.3, -0.25) is 0 Å². The van der Waals surface area contributed by atoms with Gasteiger partial charge in [-0.15, -0.1) is 0 Å². The topological polar surface area (TPSA) is 63.4 Å². The molecule has 0 aliphatic carbocycles. The summed E-state index contributed by atoms with van der Waals surface area (Å²) in [5.41, 5.74) is 6.44. The fourth-order valence-corrected chi connectivity index (χ4v) is 3.72. The number of sulfonamides is 1. The van der Waals surface area contributed by atoms with Crippen molar-refractivity contribution >= 4 is 10.0 Å². The van der Waals surface area contributed by atoms with Gasteiger partial charge < -0.3 is 5.73 Å². The minimum atomic E-state index is -4.07. The van der Waals surface area contributed by atoms with Crippen molar-refractivity contribution in [1.82, 2.24) is 4.31 Å². The van der Waals surface area contributed by atoms with Crippen molar-refractivity contribution in [3.05, 3.63) is 65.7 Å². The average Bonchev–Trinajstić information content (AvgIpc) is 2.52. The minimum Gasteiger partial charge on any atom is -0.329 e. The Hall–Kier alpha value is -1.83. The second-order valence-electron chi connectivity index (χ2n) is 5.00. The van der Waals surface area contributed by atoms with Gasteiger partial charge in [-0.05, 0) is 24.1 Å². The Labute approximate surface area is 134 Å². The maximum absolute atomic E-state index is 13.8. The maximum Gasteiger partial charge on any atom is 0.246 e. The van der Waals surface area contributed by atoms with Crippen LogP contribution < -0.4 is 5.73 Å². The van der Waals surface area contributed by atoms with E-state index in [9.17, 15) is 17.2 Å². The van der Waals surface area contributed by atoms with Crippen LogP contribution in [-0.2, 0) is 16.4 Å². The van der Waals surface area contributed by atoms with E-state index in [0.717, 1.165) is 22.0 Å². The quantitative estimate of drug-likeness (QED) is 0.840. The van der Waals surface area contributed by atoms with E-state index >= 15 is 0 Å². The minimum absolute atomic E-state index is 0.0615. The highest BCUT2D eigenvalue weighted by molar-refractivity contribution is 7.89. The zero-order chi connectivity index (χ0) is 16.9. The molecule has 0 unspecified atom stereocenters. The van der Waals surface area contributed by atoms with Crippen molar-refractivity contribution in [2.75, 3.05) is 19.6 Å². The molecule has 0 saturated carbocycles. The van der Waals surface area contributed by atoms with Crippen molar-refractivity contribution in [2.24, 2.45) is 5.73 Å². The molecule has 0 bridgehead atoms. The zero-order valence-corrected chi connectivity index (χ0v) is 13.3. The first-order valence-electron chi connectivity index (χ1n) is 7.14. The second-order valence-corrected chi connectivity index (χ2v) is 6.91. The lowest BCUT2D eigenvalue weighted by atomic mass is 10.1. The van der Waals surface area contributed by atoms with E-state index in [-0.39, 0.29) is 19.6 Å². The van der Waals surface area contributed by atoms with Gasteiger partial charge in [-0.1, -0.05) is 30.3 Å². The zero-order valence-electron chi connectivity index (χ0n) is 12.5. The van der Waals surface area contributed by atoms with Gasteiger partial charge in [0.15, 0.2) is 0 Å². The molecule has 0 radical (unpaired) electrons. The van der Waals surface area contributed by atoms with Crippen molar-refractivity contribution in [1.29, 1.82) is 0 Å². The summed E-state index contributed by atoms with van der Waals surface area (Å²) in [6.45, 7) is 0.336. The highest BCUT2D eigenvalue weighted by Crippen LogP contribution is 2.20. The molecule has 0 fully saturated rings. The van der Waals surface area contributed by atoms with E-state index in [0.29, 0.717) is 12.5 Å². The lowest BCUT2D eigenvalue weighted by Gasteiger charge is -2.22. The number of rotatable bonds is 7. The first kappa shape index (κ1) is 17.5. The molecule has 0 atom stereocenters. The number of hydrogen-bond acceptors (Lipinski definition) is 3. The Morgan fingerprint density at radius 3 is 2.30 bits per heavy atom. The molecule has 2 aromatic rings. The monoisotopic (exact) mass is 340 g/mol. The summed E-state index contributed by atoms with van der Waals surface area (Å²) in [4.78, 5) is -0.541. The third-order valence-corrected chi connectivity index (χ3v) is 5.31. The van der Waals surface area contributed by atoms with Crippen LogP contribution in [0.4, 0.5) is 8.78 Å². The number of nitrogens with zero attached hydrogens (tertiary/aromatic N) is 1. The fraction of sp³-hybridized carbons (Fsp3) is 0.250. The van der Waals surface area contributed by atoms with E-state index in [1.54, 1.807) is 0 Å². The third kappa shape index (κ3) is 4.34. The summed E-state index contributed by atoms with van der Waals surface area (Å²) < 4.78 is 53.1. The van der Waals surface area contributed by atoms with E-state index < -0.39 is 26.6 Å². The Kier molecular flexibility index (Phi) is 5.81. The predicted molar refractivity (Wildman–Crippen MR) is 84.3 cm³/mol. The first-order valence-corrected chi connectivity index (χ1v) is 8.58. The Bertz CT molecular complexity index is 752. The fourth-order valence-electron chi connectivity index (χ4n) is 2.22. The number of hydrogen-bond donors (Lipinski definition) is 1. The SMILES string of the molecule is NCCN(CCc1ccccc1)S(=O)(=O)c1ccc(F)cc1F. The lowest BCUT2D eigenvalue weighted by molar-refractivity contribution is 0.417. The van der Waals surface area contributed by atoms with E-state index in [1.807, 2.05) is 30.3 Å². The molecule has 2 aromatic carbocycles. The molecule has 2 rings (SSSR count). The van der Waals surface area contributed by atoms with E-state index in [2.05, 4.69) is 0 Å².